The van der Waals surface area contributed by atoms with Crippen molar-refractivity contribution in [2.75, 3.05) is 0 Å². The molecule has 0 amide bonds. The first-order valence-electron chi connectivity index (χ1n) is 4.53. The van der Waals surface area contributed by atoms with Gasteiger partial charge in [-0.05, 0) is 12.3 Å². The maximum absolute atomic E-state index is 8.95. The van der Waals surface area contributed by atoms with Gasteiger partial charge in [-0.2, -0.15) is 5.26 Å². The highest BCUT2D eigenvalue weighted by molar-refractivity contribution is 7.09. The first-order valence-corrected chi connectivity index (χ1v) is 5.41. The van der Waals surface area contributed by atoms with Gasteiger partial charge in [0.2, 0.25) is 0 Å². The minimum atomic E-state index is -0.0449. The third-order valence-corrected chi connectivity index (χ3v) is 3.01. The zero-order valence-corrected chi connectivity index (χ0v) is 9.06. The summed E-state index contributed by atoms with van der Waals surface area (Å²) in [6.07, 6.45) is 0.959. The molecule has 2 nitrogen and oxygen atoms in total. The van der Waals surface area contributed by atoms with E-state index in [0.29, 0.717) is 5.92 Å². The number of aromatic nitrogens is 1. The summed E-state index contributed by atoms with van der Waals surface area (Å²) in [5.41, 5.74) is 0.944. The average Bonchev–Trinajstić information content (AvgIpc) is 2.53. The molecule has 1 aromatic heterocycles. The van der Waals surface area contributed by atoms with E-state index in [2.05, 4.69) is 31.8 Å². The average molecular weight is 194 g/mol. The van der Waals surface area contributed by atoms with E-state index in [-0.39, 0.29) is 5.92 Å². The highest BCUT2D eigenvalue weighted by Crippen LogP contribution is 2.24. The molecule has 0 aliphatic rings. The van der Waals surface area contributed by atoms with Gasteiger partial charge in [0, 0.05) is 5.38 Å². The van der Waals surface area contributed by atoms with Crippen LogP contribution >= 0.6 is 11.3 Å². The van der Waals surface area contributed by atoms with Crippen molar-refractivity contribution in [3.05, 3.63) is 16.1 Å². The number of aryl methyl sites for hydroxylation is 1. The van der Waals surface area contributed by atoms with E-state index in [0.717, 1.165) is 17.1 Å². The van der Waals surface area contributed by atoms with Crippen molar-refractivity contribution in [2.45, 2.75) is 33.1 Å². The Kier molecular flexibility index (Phi) is 3.44. The zero-order valence-electron chi connectivity index (χ0n) is 8.24. The van der Waals surface area contributed by atoms with Gasteiger partial charge in [0.25, 0.3) is 0 Å². The lowest BCUT2D eigenvalue weighted by Gasteiger charge is -2.08. The van der Waals surface area contributed by atoms with Gasteiger partial charge < -0.3 is 0 Å². The van der Waals surface area contributed by atoms with Crippen molar-refractivity contribution in [3.8, 4) is 6.07 Å². The Hall–Kier alpha value is -0.880. The van der Waals surface area contributed by atoms with E-state index in [1.807, 2.05) is 5.38 Å². The first kappa shape index (κ1) is 10.2. The Morgan fingerprint density at radius 1 is 1.62 bits per heavy atom. The lowest BCUT2D eigenvalue weighted by atomic mass is 9.95. The van der Waals surface area contributed by atoms with E-state index in [9.17, 15) is 0 Å². The molecule has 0 saturated heterocycles. The number of hydrogen-bond donors (Lipinski definition) is 0. The minimum Gasteiger partial charge on any atom is -0.245 e. The van der Waals surface area contributed by atoms with Gasteiger partial charge in [0.05, 0.1) is 22.7 Å². The van der Waals surface area contributed by atoms with Crippen molar-refractivity contribution in [1.29, 1.82) is 5.26 Å². The van der Waals surface area contributed by atoms with Crippen LogP contribution in [0.2, 0.25) is 0 Å². The van der Waals surface area contributed by atoms with Crippen molar-refractivity contribution in [2.24, 2.45) is 5.92 Å². The summed E-state index contributed by atoms with van der Waals surface area (Å²) in [5.74, 6) is 0.299. The van der Waals surface area contributed by atoms with E-state index >= 15 is 0 Å². The Labute approximate surface area is 83.2 Å². The molecule has 1 unspecified atom stereocenters. The fraction of sp³-hybridized carbons (Fsp3) is 0.600. The second-order valence-electron chi connectivity index (χ2n) is 3.37. The zero-order chi connectivity index (χ0) is 9.84. The Morgan fingerprint density at radius 3 is 2.69 bits per heavy atom. The van der Waals surface area contributed by atoms with Crippen LogP contribution in [0.15, 0.2) is 5.38 Å². The van der Waals surface area contributed by atoms with Gasteiger partial charge in [0.1, 0.15) is 0 Å². The van der Waals surface area contributed by atoms with Crippen LogP contribution in [0.5, 0.6) is 0 Å². The fourth-order valence-corrected chi connectivity index (χ4v) is 1.97. The van der Waals surface area contributed by atoms with Crippen LogP contribution in [0.1, 0.15) is 37.4 Å². The molecule has 0 aliphatic carbocycles. The summed E-state index contributed by atoms with van der Waals surface area (Å²) >= 11 is 1.65. The van der Waals surface area contributed by atoms with Gasteiger partial charge in [-0.15, -0.1) is 11.3 Å². The van der Waals surface area contributed by atoms with Crippen LogP contribution in [0, 0.1) is 17.2 Å². The van der Waals surface area contributed by atoms with Gasteiger partial charge >= 0.3 is 0 Å². The number of nitrogens with zero attached hydrogens (tertiary/aromatic N) is 2. The second-order valence-corrected chi connectivity index (χ2v) is 4.31. The number of thiazole rings is 1. The van der Waals surface area contributed by atoms with Crippen LogP contribution in [0.3, 0.4) is 0 Å². The molecule has 1 aromatic rings. The molecule has 70 valence electrons. The number of rotatable bonds is 3. The molecule has 0 spiro atoms. The highest BCUT2D eigenvalue weighted by atomic mass is 32.1. The van der Waals surface area contributed by atoms with Crippen LogP contribution in [-0.2, 0) is 6.42 Å². The number of hydrogen-bond acceptors (Lipinski definition) is 3. The molecule has 1 rings (SSSR count). The molecular formula is C10H14N2S. The molecule has 0 N–H and O–H groups in total. The molecule has 0 saturated carbocycles. The normalized spacial score (nSPS) is 12.8. The van der Waals surface area contributed by atoms with Gasteiger partial charge in [0.15, 0.2) is 0 Å². The van der Waals surface area contributed by atoms with Crippen molar-refractivity contribution >= 4 is 11.3 Å². The third kappa shape index (κ3) is 2.28. The summed E-state index contributed by atoms with van der Waals surface area (Å²) in [6.45, 7) is 6.19. The topological polar surface area (TPSA) is 36.7 Å². The van der Waals surface area contributed by atoms with Gasteiger partial charge in [-0.1, -0.05) is 20.8 Å². The van der Waals surface area contributed by atoms with Crippen LogP contribution < -0.4 is 0 Å². The monoisotopic (exact) mass is 194 g/mol. The molecule has 0 radical (unpaired) electrons. The molecule has 0 bridgehead atoms. The maximum Gasteiger partial charge on any atom is 0.0926 e. The van der Waals surface area contributed by atoms with Gasteiger partial charge in [-0.3, -0.25) is 0 Å². The predicted molar refractivity (Wildman–Crippen MR) is 54.7 cm³/mol. The summed E-state index contributed by atoms with van der Waals surface area (Å²) in [5, 5.41) is 12.1. The molecule has 0 fully saturated rings. The molecule has 0 aliphatic heterocycles. The smallest absolute Gasteiger partial charge is 0.0926 e. The minimum absolute atomic E-state index is 0.0449. The summed E-state index contributed by atoms with van der Waals surface area (Å²) in [4.78, 5) is 4.42. The first-order chi connectivity index (χ1) is 6.19. The third-order valence-electron chi connectivity index (χ3n) is 2.00. The lowest BCUT2D eigenvalue weighted by molar-refractivity contribution is 0.577. The summed E-state index contributed by atoms with van der Waals surface area (Å²) in [6, 6.07) is 2.30. The molecular weight excluding hydrogens is 180 g/mol. The lowest BCUT2D eigenvalue weighted by Crippen LogP contribution is -2.04. The standard InChI is InChI=1S/C10H14N2S/c1-4-10-12-9(6-13-10)8(5-11)7(2)3/h6-8H,4H2,1-3H3. The van der Waals surface area contributed by atoms with Crippen molar-refractivity contribution < 1.29 is 0 Å². The van der Waals surface area contributed by atoms with Crippen molar-refractivity contribution in [3.63, 3.8) is 0 Å². The van der Waals surface area contributed by atoms with E-state index < -0.39 is 0 Å². The molecule has 1 heterocycles. The van der Waals surface area contributed by atoms with Crippen LogP contribution in [0.25, 0.3) is 0 Å². The summed E-state index contributed by atoms with van der Waals surface area (Å²) < 4.78 is 0. The van der Waals surface area contributed by atoms with Crippen LogP contribution in [-0.4, -0.2) is 4.98 Å². The van der Waals surface area contributed by atoms with E-state index in [1.165, 1.54) is 0 Å². The second kappa shape index (κ2) is 4.38. The summed E-state index contributed by atoms with van der Waals surface area (Å²) in [7, 11) is 0. The predicted octanol–water partition coefficient (Wildman–Crippen LogP) is 2.97. The Morgan fingerprint density at radius 2 is 2.31 bits per heavy atom. The maximum atomic E-state index is 8.95. The largest absolute Gasteiger partial charge is 0.245 e. The fourth-order valence-electron chi connectivity index (χ4n) is 1.19. The van der Waals surface area contributed by atoms with Gasteiger partial charge in [-0.25, -0.2) is 4.98 Å². The van der Waals surface area contributed by atoms with Crippen molar-refractivity contribution in [1.82, 2.24) is 4.98 Å². The molecule has 1 atom stereocenters. The molecule has 3 heteroatoms. The molecule has 13 heavy (non-hydrogen) atoms. The quantitative estimate of drug-likeness (QED) is 0.741. The number of nitriles is 1. The van der Waals surface area contributed by atoms with E-state index in [4.69, 9.17) is 5.26 Å². The SMILES string of the molecule is CCc1nc(C(C#N)C(C)C)cs1. The Balaban J connectivity index is 2.87. The Bertz CT molecular complexity index is 309. The highest BCUT2D eigenvalue weighted by Gasteiger charge is 2.17. The molecule has 0 aromatic carbocycles. The van der Waals surface area contributed by atoms with Crippen LogP contribution in [0.4, 0.5) is 0 Å². The van der Waals surface area contributed by atoms with E-state index in [1.54, 1.807) is 11.3 Å².